The second kappa shape index (κ2) is 7.16. The van der Waals surface area contributed by atoms with Gasteiger partial charge >= 0.3 is 13.2 Å². The Kier molecular flexibility index (Phi) is 5.41. The molecule has 0 saturated carbocycles. The zero-order valence-electron chi connectivity index (χ0n) is 18.6. The molecule has 160 valence electrons. The van der Waals surface area contributed by atoms with Crippen LogP contribution in [0.1, 0.15) is 72.1 Å². The normalized spacial score (nSPS) is 22.4. The Bertz CT molecular complexity index is 802. The molecular formula is C21H31BFNO5. The number of aryl methyl sites for hydroxylation is 1. The number of halogens is 1. The highest BCUT2D eigenvalue weighted by Crippen LogP contribution is 2.41. The first-order valence-corrected chi connectivity index (χ1v) is 10.00. The number of carbonyl (C=O) groups excluding carboxylic acids is 1. The van der Waals surface area contributed by atoms with Crippen LogP contribution in [0.4, 0.5) is 9.18 Å². The smallest absolute Gasteiger partial charge is 0.497 e. The zero-order valence-corrected chi connectivity index (χ0v) is 18.6. The molecule has 1 unspecified atom stereocenters. The number of hydrogen-bond acceptors (Lipinski definition) is 5. The molecule has 1 N–H and O–H groups in total. The van der Waals surface area contributed by atoms with E-state index in [1.807, 2.05) is 48.5 Å². The van der Waals surface area contributed by atoms with Crippen molar-refractivity contribution in [1.82, 2.24) is 5.32 Å². The van der Waals surface area contributed by atoms with Crippen molar-refractivity contribution in [1.29, 1.82) is 0 Å². The standard InChI is InChI=1S/C21H31BFNO5/c1-19(2,3)27-18(25)24-14-10-9-12-11-13(23)16(17(26-8)15(12)14)22-28-20(4,5)21(6,7)29-22/h11,14H,9-10H2,1-8H3,(H,24,25). The first-order chi connectivity index (χ1) is 13.3. The van der Waals surface area contributed by atoms with E-state index in [-0.39, 0.29) is 11.5 Å². The van der Waals surface area contributed by atoms with Crippen molar-refractivity contribution >= 4 is 18.7 Å². The van der Waals surface area contributed by atoms with Gasteiger partial charge in [-0.2, -0.15) is 0 Å². The van der Waals surface area contributed by atoms with Crippen LogP contribution in [-0.4, -0.2) is 37.1 Å². The predicted octanol–water partition coefficient (Wildman–Crippen LogP) is 3.65. The number of ether oxygens (including phenoxy) is 2. The van der Waals surface area contributed by atoms with Gasteiger partial charge in [-0.05, 0) is 72.9 Å². The van der Waals surface area contributed by atoms with Crippen LogP contribution in [-0.2, 0) is 20.5 Å². The van der Waals surface area contributed by atoms with Crippen LogP contribution in [0.3, 0.4) is 0 Å². The van der Waals surface area contributed by atoms with E-state index in [4.69, 9.17) is 18.8 Å². The van der Waals surface area contributed by atoms with Crippen molar-refractivity contribution in [2.75, 3.05) is 7.11 Å². The molecule has 2 aliphatic rings. The summed E-state index contributed by atoms with van der Waals surface area (Å²) in [5.74, 6) is -0.0749. The van der Waals surface area contributed by atoms with Gasteiger partial charge in [0.15, 0.2) is 0 Å². The van der Waals surface area contributed by atoms with Crippen molar-refractivity contribution in [3.05, 3.63) is 23.0 Å². The molecule has 0 aromatic heterocycles. The summed E-state index contributed by atoms with van der Waals surface area (Å²) in [6.07, 6.45) is 0.753. The van der Waals surface area contributed by atoms with Gasteiger partial charge in [0.25, 0.3) is 0 Å². The lowest BCUT2D eigenvalue weighted by molar-refractivity contribution is 0.00578. The highest BCUT2D eigenvalue weighted by molar-refractivity contribution is 6.63. The van der Waals surface area contributed by atoms with Gasteiger partial charge in [-0.15, -0.1) is 0 Å². The SMILES string of the molecule is COc1c(B2OC(C)(C)C(C)(C)O2)c(F)cc2c1C(NC(=O)OC(C)(C)C)CC2. The molecule has 1 aliphatic carbocycles. The Hall–Kier alpha value is -1.80. The van der Waals surface area contributed by atoms with E-state index in [2.05, 4.69) is 5.32 Å². The number of hydrogen-bond donors (Lipinski definition) is 1. The number of methoxy groups -OCH3 is 1. The molecule has 1 atom stereocenters. The van der Waals surface area contributed by atoms with Gasteiger partial charge in [0.1, 0.15) is 17.2 Å². The summed E-state index contributed by atoms with van der Waals surface area (Å²) in [7, 11) is 0.593. The zero-order chi connectivity index (χ0) is 21.8. The average molecular weight is 407 g/mol. The first kappa shape index (κ1) is 21.9. The third kappa shape index (κ3) is 4.10. The number of benzene rings is 1. The monoisotopic (exact) mass is 407 g/mol. The quantitative estimate of drug-likeness (QED) is 0.775. The number of amides is 1. The third-order valence-electron chi connectivity index (χ3n) is 5.83. The summed E-state index contributed by atoms with van der Waals surface area (Å²) in [5.41, 5.74) is -0.0374. The van der Waals surface area contributed by atoms with Crippen molar-refractivity contribution in [3.8, 4) is 5.75 Å². The topological polar surface area (TPSA) is 66.0 Å². The summed E-state index contributed by atoms with van der Waals surface area (Å²) in [4.78, 5) is 12.3. The Labute approximate surface area is 172 Å². The van der Waals surface area contributed by atoms with E-state index in [0.717, 1.165) is 11.1 Å². The molecule has 1 saturated heterocycles. The van der Waals surface area contributed by atoms with E-state index < -0.39 is 35.8 Å². The summed E-state index contributed by atoms with van der Waals surface area (Å²) in [6.45, 7) is 13.1. The van der Waals surface area contributed by atoms with Gasteiger partial charge in [0.2, 0.25) is 0 Å². The van der Waals surface area contributed by atoms with Crippen LogP contribution in [0.5, 0.6) is 5.75 Å². The molecule has 29 heavy (non-hydrogen) atoms. The molecule has 1 aromatic carbocycles. The van der Waals surface area contributed by atoms with Crippen LogP contribution >= 0.6 is 0 Å². The molecule has 8 heteroatoms. The summed E-state index contributed by atoms with van der Waals surface area (Å²) in [6, 6.07) is 1.16. The number of nitrogens with one attached hydrogen (secondary N) is 1. The lowest BCUT2D eigenvalue weighted by Crippen LogP contribution is -2.41. The molecule has 1 heterocycles. The number of rotatable bonds is 3. The molecule has 6 nitrogen and oxygen atoms in total. The lowest BCUT2D eigenvalue weighted by atomic mass is 9.76. The van der Waals surface area contributed by atoms with Crippen LogP contribution in [0.15, 0.2) is 6.07 Å². The maximum Gasteiger partial charge on any atom is 0.501 e. The van der Waals surface area contributed by atoms with Gasteiger partial charge < -0.3 is 24.1 Å². The minimum Gasteiger partial charge on any atom is -0.497 e. The van der Waals surface area contributed by atoms with Crippen molar-refractivity contribution in [3.63, 3.8) is 0 Å². The molecule has 0 bridgehead atoms. The fourth-order valence-electron chi connectivity index (χ4n) is 3.74. The van der Waals surface area contributed by atoms with E-state index in [9.17, 15) is 4.79 Å². The highest BCUT2D eigenvalue weighted by atomic mass is 19.1. The highest BCUT2D eigenvalue weighted by Gasteiger charge is 2.54. The molecular weight excluding hydrogens is 376 g/mol. The Morgan fingerprint density at radius 2 is 1.83 bits per heavy atom. The lowest BCUT2D eigenvalue weighted by Gasteiger charge is -2.32. The maximum atomic E-state index is 15.1. The number of alkyl carbamates (subject to hydrolysis) is 1. The minimum atomic E-state index is -0.900. The average Bonchev–Trinajstić information content (AvgIpc) is 3.01. The molecule has 1 fully saturated rings. The van der Waals surface area contributed by atoms with Crippen LogP contribution < -0.4 is 15.5 Å². The van der Waals surface area contributed by atoms with Crippen LogP contribution in [0.25, 0.3) is 0 Å². The van der Waals surface area contributed by atoms with E-state index >= 15 is 4.39 Å². The largest absolute Gasteiger partial charge is 0.501 e. The molecule has 0 spiro atoms. The van der Waals surface area contributed by atoms with Gasteiger partial charge in [0.05, 0.1) is 29.8 Å². The maximum absolute atomic E-state index is 15.1. The Morgan fingerprint density at radius 3 is 2.34 bits per heavy atom. The van der Waals surface area contributed by atoms with Crippen molar-refractivity contribution in [2.24, 2.45) is 0 Å². The summed E-state index contributed by atoms with van der Waals surface area (Å²) >= 11 is 0. The van der Waals surface area contributed by atoms with Crippen molar-refractivity contribution in [2.45, 2.75) is 84.2 Å². The number of carbonyl (C=O) groups is 1. The van der Waals surface area contributed by atoms with Gasteiger partial charge in [-0.3, -0.25) is 0 Å². The van der Waals surface area contributed by atoms with Gasteiger partial charge in [-0.25, -0.2) is 9.18 Å². The molecule has 1 aliphatic heterocycles. The van der Waals surface area contributed by atoms with E-state index in [1.165, 1.54) is 13.2 Å². The first-order valence-electron chi connectivity index (χ1n) is 10.00. The van der Waals surface area contributed by atoms with Crippen molar-refractivity contribution < 1.29 is 28.0 Å². The Morgan fingerprint density at radius 1 is 1.24 bits per heavy atom. The Balaban J connectivity index is 1.97. The fourth-order valence-corrected chi connectivity index (χ4v) is 3.74. The summed E-state index contributed by atoms with van der Waals surface area (Å²) in [5, 5.41) is 2.89. The molecule has 0 radical (unpaired) electrons. The molecule has 1 aromatic rings. The predicted molar refractivity (Wildman–Crippen MR) is 109 cm³/mol. The van der Waals surface area contributed by atoms with E-state index in [0.29, 0.717) is 18.6 Å². The fraction of sp³-hybridized carbons (Fsp3) is 0.667. The van der Waals surface area contributed by atoms with Gasteiger partial charge in [-0.1, -0.05) is 0 Å². The number of fused-ring (bicyclic) bond motifs is 1. The molecule has 1 amide bonds. The van der Waals surface area contributed by atoms with Crippen LogP contribution in [0, 0.1) is 5.82 Å². The third-order valence-corrected chi connectivity index (χ3v) is 5.83. The molecule has 3 rings (SSSR count). The second-order valence-corrected chi connectivity index (χ2v) is 9.70. The van der Waals surface area contributed by atoms with Crippen LogP contribution in [0.2, 0.25) is 0 Å². The second-order valence-electron chi connectivity index (χ2n) is 9.70. The minimum absolute atomic E-state index is 0.225. The van der Waals surface area contributed by atoms with Gasteiger partial charge in [0, 0.05) is 5.56 Å². The summed E-state index contributed by atoms with van der Waals surface area (Å²) < 4.78 is 38.3. The van der Waals surface area contributed by atoms with E-state index in [1.54, 1.807) is 0 Å².